The van der Waals surface area contributed by atoms with Crippen LogP contribution in [0.2, 0.25) is 0 Å². The Bertz CT molecular complexity index is 1290. The number of rotatable bonds is 12. The third-order valence-corrected chi connectivity index (χ3v) is 8.78. The number of nitrogens with zero attached hydrogens (tertiary/aromatic N) is 2. The summed E-state index contributed by atoms with van der Waals surface area (Å²) in [6.07, 6.45) is 9.30. The molecule has 2 aliphatic carbocycles. The number of hydrogen-bond donors (Lipinski definition) is 2. The molecule has 0 atom stereocenters. The minimum atomic E-state index is -0.487. The molecule has 2 aliphatic rings. The molecule has 0 saturated heterocycles. The van der Waals surface area contributed by atoms with E-state index < -0.39 is 4.92 Å². The molecule has 2 aromatic carbocycles. The van der Waals surface area contributed by atoms with E-state index in [2.05, 4.69) is 10.1 Å². The highest BCUT2D eigenvalue weighted by atomic mass is 16.6. The molecule has 2 saturated carbocycles. The lowest BCUT2D eigenvalue weighted by atomic mass is 9.82. The Labute approximate surface area is 283 Å². The molecule has 2 aromatic rings. The van der Waals surface area contributed by atoms with Gasteiger partial charge in [-0.05, 0) is 89.3 Å². The van der Waals surface area contributed by atoms with E-state index in [1.54, 1.807) is 36.4 Å². The van der Waals surface area contributed by atoms with Crippen molar-refractivity contribution in [3.8, 4) is 0 Å². The maximum Gasteiger partial charge on any atom is 0.308 e. The molecule has 13 nitrogen and oxygen atoms in total. The zero-order valence-corrected chi connectivity index (χ0v) is 27.3. The Morgan fingerprint density at radius 1 is 0.792 bits per heavy atom. The Kier molecular flexibility index (Phi) is 20.2. The monoisotopic (exact) mass is 672 g/mol. The highest BCUT2D eigenvalue weighted by Gasteiger charge is 2.27. The second-order valence-electron chi connectivity index (χ2n) is 11.8. The molecule has 0 aliphatic heterocycles. The van der Waals surface area contributed by atoms with Crippen LogP contribution < -0.4 is 11.1 Å². The van der Waals surface area contributed by atoms with Gasteiger partial charge in [0.25, 0.3) is 11.4 Å². The summed E-state index contributed by atoms with van der Waals surface area (Å²) in [5.41, 5.74) is 6.95. The summed E-state index contributed by atoms with van der Waals surface area (Å²) in [5, 5.41) is 24.7. The molecule has 0 heterocycles. The Hall–Kier alpha value is -4.23. The summed E-state index contributed by atoms with van der Waals surface area (Å²) in [6, 6.07) is 13.1. The van der Waals surface area contributed by atoms with E-state index in [1.807, 2.05) is 6.07 Å². The van der Waals surface area contributed by atoms with Crippen LogP contribution >= 0.6 is 0 Å². The molecular formula is C35H52N4O9. The maximum absolute atomic E-state index is 11.5. The fourth-order valence-corrected chi connectivity index (χ4v) is 5.95. The van der Waals surface area contributed by atoms with Gasteiger partial charge in [-0.25, -0.2) is 0 Å². The Balaban J connectivity index is 0.000000390. The lowest BCUT2D eigenvalue weighted by Gasteiger charge is -2.27. The summed E-state index contributed by atoms with van der Waals surface area (Å²) < 4.78 is 9.48. The van der Waals surface area contributed by atoms with Crippen LogP contribution in [0.25, 0.3) is 0 Å². The number of ether oxygens (including phenoxy) is 2. The molecule has 0 spiro atoms. The predicted molar refractivity (Wildman–Crippen MR) is 183 cm³/mol. The molecule has 266 valence electrons. The number of carbonyl (C=O) groups is 3. The van der Waals surface area contributed by atoms with Gasteiger partial charge < -0.3 is 25.3 Å². The largest absolute Gasteiger partial charge is 0.469 e. The summed E-state index contributed by atoms with van der Waals surface area (Å²) in [6.45, 7) is 2.38. The number of nitrogens with two attached hydrogens (primary N) is 1. The van der Waals surface area contributed by atoms with Crippen molar-refractivity contribution in [3.63, 3.8) is 0 Å². The van der Waals surface area contributed by atoms with Crippen molar-refractivity contribution >= 4 is 29.6 Å². The number of hydrogen-bond acceptors (Lipinski definition) is 11. The number of nitrogens with one attached hydrogen (secondary N) is 1. The number of para-hydroxylation sites is 2. The van der Waals surface area contributed by atoms with E-state index in [9.17, 15) is 34.6 Å². The van der Waals surface area contributed by atoms with Crippen LogP contribution in [0.5, 0.6) is 0 Å². The molecule has 0 unspecified atom stereocenters. The summed E-state index contributed by atoms with van der Waals surface area (Å²) in [7, 11) is 2.90. The van der Waals surface area contributed by atoms with E-state index >= 15 is 0 Å². The first-order valence-corrected chi connectivity index (χ1v) is 16.1. The molecular weight excluding hydrogens is 620 g/mol. The van der Waals surface area contributed by atoms with Gasteiger partial charge >= 0.3 is 11.9 Å². The summed E-state index contributed by atoms with van der Waals surface area (Å²) in [5.74, 6) is 1.26. The van der Waals surface area contributed by atoms with Gasteiger partial charge in [-0.1, -0.05) is 43.8 Å². The van der Waals surface area contributed by atoms with Crippen LogP contribution in [0.15, 0.2) is 48.5 Å². The second kappa shape index (κ2) is 23.2. The van der Waals surface area contributed by atoms with Gasteiger partial charge in [0.05, 0.1) is 35.9 Å². The fourth-order valence-electron chi connectivity index (χ4n) is 5.95. The van der Waals surface area contributed by atoms with Gasteiger partial charge in [-0.15, -0.1) is 0 Å². The third kappa shape index (κ3) is 14.3. The van der Waals surface area contributed by atoms with Gasteiger partial charge in [-0.2, -0.15) is 0 Å². The summed E-state index contributed by atoms with van der Waals surface area (Å²) >= 11 is 0. The van der Waals surface area contributed by atoms with Gasteiger partial charge in [0.2, 0.25) is 0 Å². The zero-order valence-electron chi connectivity index (χ0n) is 27.3. The van der Waals surface area contributed by atoms with Crippen molar-refractivity contribution in [2.75, 3.05) is 33.9 Å². The minimum Gasteiger partial charge on any atom is -0.469 e. The highest BCUT2D eigenvalue weighted by Crippen LogP contribution is 2.30. The van der Waals surface area contributed by atoms with E-state index in [0.29, 0.717) is 30.1 Å². The average molecular weight is 673 g/mol. The average Bonchev–Trinajstić information content (AvgIpc) is 3.10. The van der Waals surface area contributed by atoms with Gasteiger partial charge in [0.1, 0.15) is 6.29 Å². The van der Waals surface area contributed by atoms with E-state index in [4.69, 9.17) is 10.5 Å². The molecule has 4 rings (SSSR count). The number of aldehydes is 1. The van der Waals surface area contributed by atoms with Crippen molar-refractivity contribution in [1.82, 2.24) is 5.32 Å². The standard InChI is InChI=1S/C17H24N2O4.C9H17NO2.C8H7NO3.CH4/c1-23-17(20)15-8-6-13(7-9-15)12-18-11-10-14-4-2-3-5-16(14)19(21)22;1-12-9(11)8-4-2-7(6-10)3-5-8;10-6-5-7-3-1-2-4-8(7)9(11)12;/h2-5,13,15,18H,6-12H2,1H3;7-8H,2-6,10H2,1H3;1-4,6H,5H2;1H4. The zero-order chi connectivity index (χ0) is 34.6. The van der Waals surface area contributed by atoms with Crippen LogP contribution in [0.1, 0.15) is 69.9 Å². The molecule has 3 N–H and O–H groups in total. The molecule has 2 fully saturated rings. The maximum atomic E-state index is 11.5. The number of methoxy groups -OCH3 is 2. The molecule has 0 amide bonds. The summed E-state index contributed by atoms with van der Waals surface area (Å²) in [4.78, 5) is 53.2. The van der Waals surface area contributed by atoms with Crippen LogP contribution in [0.3, 0.4) is 0 Å². The van der Waals surface area contributed by atoms with Crippen molar-refractivity contribution in [2.24, 2.45) is 29.4 Å². The Morgan fingerprint density at radius 2 is 1.23 bits per heavy atom. The van der Waals surface area contributed by atoms with Gasteiger partial charge in [0.15, 0.2) is 0 Å². The highest BCUT2D eigenvalue weighted by molar-refractivity contribution is 5.72. The number of benzene rings is 2. The van der Waals surface area contributed by atoms with Crippen LogP contribution in [-0.4, -0.2) is 61.9 Å². The SMILES string of the molecule is C.COC(=O)C1CCC(CN)CC1.COC(=O)C1CCC(CNCCc2ccccc2[N+](=O)[O-])CC1.O=CCc1ccccc1[N+](=O)[O-]. The molecule has 0 aromatic heterocycles. The van der Waals surface area contributed by atoms with E-state index in [0.717, 1.165) is 76.6 Å². The third-order valence-electron chi connectivity index (χ3n) is 8.78. The van der Waals surface area contributed by atoms with Crippen LogP contribution in [0, 0.1) is 43.9 Å². The Morgan fingerprint density at radius 3 is 1.67 bits per heavy atom. The van der Waals surface area contributed by atoms with Gasteiger partial charge in [-0.3, -0.25) is 29.8 Å². The fraction of sp³-hybridized carbons (Fsp3) is 0.571. The first-order valence-electron chi connectivity index (χ1n) is 16.1. The quantitative estimate of drug-likeness (QED) is 0.0936. The van der Waals surface area contributed by atoms with Crippen molar-refractivity contribution < 1.29 is 33.7 Å². The number of nitro groups is 2. The normalized spacial score (nSPS) is 19.8. The van der Waals surface area contributed by atoms with Crippen LogP contribution in [0.4, 0.5) is 11.4 Å². The van der Waals surface area contributed by atoms with Crippen LogP contribution in [-0.2, 0) is 36.7 Å². The molecule has 48 heavy (non-hydrogen) atoms. The second-order valence-corrected chi connectivity index (χ2v) is 11.8. The predicted octanol–water partition coefficient (Wildman–Crippen LogP) is 5.60. The number of nitro benzene ring substituents is 2. The van der Waals surface area contributed by atoms with Crippen molar-refractivity contribution in [2.45, 2.75) is 71.6 Å². The number of esters is 2. The first-order chi connectivity index (χ1) is 22.6. The van der Waals surface area contributed by atoms with Crippen molar-refractivity contribution in [3.05, 3.63) is 79.9 Å². The lowest BCUT2D eigenvalue weighted by Crippen LogP contribution is -2.30. The smallest absolute Gasteiger partial charge is 0.308 e. The molecule has 13 heteroatoms. The van der Waals surface area contributed by atoms with Gasteiger partial charge in [0, 0.05) is 29.7 Å². The lowest BCUT2D eigenvalue weighted by molar-refractivity contribution is -0.385. The molecule has 0 radical (unpaired) electrons. The van der Waals surface area contributed by atoms with Crippen molar-refractivity contribution in [1.29, 1.82) is 0 Å². The number of carbonyl (C=O) groups excluding carboxylic acids is 3. The minimum absolute atomic E-state index is 0. The topological polar surface area (TPSA) is 194 Å². The first kappa shape index (κ1) is 41.8. The van der Waals surface area contributed by atoms with E-state index in [1.165, 1.54) is 20.3 Å². The van der Waals surface area contributed by atoms with E-state index in [-0.39, 0.29) is 53.9 Å². The molecule has 0 bridgehead atoms.